The second kappa shape index (κ2) is 13.8. The number of carbonyl (C=O) groups excluding carboxylic acids is 1. The number of nitrogens with zero attached hydrogens (tertiary/aromatic N) is 2. The fourth-order valence-corrected chi connectivity index (χ4v) is 4.83. The summed E-state index contributed by atoms with van der Waals surface area (Å²) in [5.41, 5.74) is 0.808. The number of hydrogen-bond acceptors (Lipinski definition) is 5. The Morgan fingerprint density at radius 2 is 2.00 bits per heavy atom. The highest BCUT2D eigenvalue weighted by Crippen LogP contribution is 2.18. The molecule has 0 amide bonds. The van der Waals surface area contributed by atoms with Crippen LogP contribution in [0.15, 0.2) is 35.3 Å². The van der Waals surface area contributed by atoms with Crippen molar-refractivity contribution in [1.29, 1.82) is 0 Å². The van der Waals surface area contributed by atoms with Gasteiger partial charge in [0, 0.05) is 26.2 Å². The van der Waals surface area contributed by atoms with Gasteiger partial charge in [-0.15, -0.1) is 24.0 Å². The zero-order chi connectivity index (χ0) is 21.1. The Morgan fingerprint density at radius 1 is 1.27 bits per heavy atom. The smallest absolute Gasteiger partial charge is 0.310 e. The first kappa shape index (κ1) is 26.7. The summed E-state index contributed by atoms with van der Waals surface area (Å²) < 4.78 is 29.8. The van der Waals surface area contributed by atoms with Gasteiger partial charge in [0.15, 0.2) is 15.8 Å². The summed E-state index contributed by atoms with van der Waals surface area (Å²) in [6, 6.07) is 9.23. The van der Waals surface area contributed by atoms with Crippen molar-refractivity contribution in [3.8, 4) is 0 Å². The highest BCUT2D eigenvalue weighted by atomic mass is 127. The maximum Gasteiger partial charge on any atom is 0.310 e. The predicted molar refractivity (Wildman–Crippen MR) is 131 cm³/mol. The van der Waals surface area contributed by atoms with Crippen molar-refractivity contribution in [1.82, 2.24) is 10.2 Å². The van der Waals surface area contributed by atoms with Gasteiger partial charge in [0.25, 0.3) is 0 Å². The van der Waals surface area contributed by atoms with Crippen LogP contribution in [0.25, 0.3) is 0 Å². The van der Waals surface area contributed by atoms with Gasteiger partial charge in [0.2, 0.25) is 0 Å². The highest BCUT2D eigenvalue weighted by molar-refractivity contribution is 14.0. The number of likely N-dealkylation sites (tertiary alicyclic amines) is 1. The number of benzene rings is 1. The molecule has 2 rings (SSSR count). The number of hydrogen-bond donors (Lipinski definition) is 1. The maximum atomic E-state index is 12.3. The van der Waals surface area contributed by atoms with Gasteiger partial charge < -0.3 is 15.0 Å². The minimum absolute atomic E-state index is 0. The van der Waals surface area contributed by atoms with Crippen LogP contribution in [0.5, 0.6) is 0 Å². The number of rotatable bonds is 9. The third kappa shape index (κ3) is 9.20. The van der Waals surface area contributed by atoms with Crippen LogP contribution in [0, 0.1) is 5.92 Å². The molecule has 1 heterocycles. The number of nitrogens with one attached hydrogen (secondary N) is 1. The number of guanidine groups is 1. The Bertz CT molecular complexity index is 772. The topological polar surface area (TPSA) is 88.1 Å². The SMILES string of the molecule is CCNC(=NCCCS(=O)(=O)Cc1ccccc1)N1CCCC(C(=O)OCC)C1.I. The van der Waals surface area contributed by atoms with Crippen LogP contribution in [-0.4, -0.2) is 63.8 Å². The molecule has 1 fully saturated rings. The van der Waals surface area contributed by atoms with Gasteiger partial charge in [-0.1, -0.05) is 30.3 Å². The van der Waals surface area contributed by atoms with Crippen LogP contribution in [0.4, 0.5) is 0 Å². The lowest BCUT2D eigenvalue weighted by Crippen LogP contribution is -2.48. The quantitative estimate of drug-likeness (QED) is 0.167. The molecule has 1 unspecified atom stereocenters. The molecule has 30 heavy (non-hydrogen) atoms. The molecule has 0 aliphatic carbocycles. The summed E-state index contributed by atoms with van der Waals surface area (Å²) in [7, 11) is -3.16. The third-order valence-corrected chi connectivity index (χ3v) is 6.46. The fourth-order valence-electron chi connectivity index (χ4n) is 3.42. The van der Waals surface area contributed by atoms with E-state index in [1.807, 2.05) is 44.2 Å². The molecule has 0 radical (unpaired) electrons. The van der Waals surface area contributed by atoms with Crippen LogP contribution < -0.4 is 5.32 Å². The Hall–Kier alpha value is -1.36. The molecule has 0 spiro atoms. The molecule has 1 atom stereocenters. The lowest BCUT2D eigenvalue weighted by Gasteiger charge is -2.34. The van der Waals surface area contributed by atoms with Crippen molar-refractivity contribution < 1.29 is 17.9 Å². The van der Waals surface area contributed by atoms with E-state index < -0.39 is 9.84 Å². The van der Waals surface area contributed by atoms with Crippen LogP contribution in [0.3, 0.4) is 0 Å². The number of halogens is 1. The van der Waals surface area contributed by atoms with E-state index in [0.717, 1.165) is 30.9 Å². The Labute approximate surface area is 197 Å². The predicted octanol–water partition coefficient (Wildman–Crippen LogP) is 2.85. The largest absolute Gasteiger partial charge is 0.466 e. The number of piperidine rings is 1. The van der Waals surface area contributed by atoms with Crippen molar-refractivity contribution >= 4 is 45.7 Å². The second-order valence-electron chi connectivity index (χ2n) is 7.20. The Kier molecular flexibility index (Phi) is 12.3. The number of aliphatic imine (C=N–C) groups is 1. The van der Waals surface area contributed by atoms with Crippen LogP contribution in [-0.2, 0) is 25.1 Å². The van der Waals surface area contributed by atoms with E-state index in [9.17, 15) is 13.2 Å². The summed E-state index contributed by atoms with van der Waals surface area (Å²) >= 11 is 0. The molecule has 0 saturated carbocycles. The number of sulfone groups is 1. The molecule has 0 bridgehead atoms. The molecule has 1 aliphatic rings. The molecular formula is C21H34IN3O4S. The number of carbonyl (C=O) groups is 1. The lowest BCUT2D eigenvalue weighted by atomic mass is 9.98. The fraction of sp³-hybridized carbons (Fsp3) is 0.619. The molecule has 0 aromatic heterocycles. The minimum atomic E-state index is -3.16. The molecular weight excluding hydrogens is 517 g/mol. The van der Waals surface area contributed by atoms with Crippen molar-refractivity contribution in [2.75, 3.05) is 38.5 Å². The van der Waals surface area contributed by atoms with Gasteiger partial charge in [0.05, 0.1) is 24.0 Å². The average Bonchev–Trinajstić information content (AvgIpc) is 2.71. The van der Waals surface area contributed by atoms with E-state index in [4.69, 9.17) is 4.74 Å². The van der Waals surface area contributed by atoms with Crippen LogP contribution in [0.2, 0.25) is 0 Å². The summed E-state index contributed by atoms with van der Waals surface area (Å²) in [4.78, 5) is 18.7. The van der Waals surface area contributed by atoms with Gasteiger partial charge >= 0.3 is 5.97 Å². The van der Waals surface area contributed by atoms with E-state index in [0.29, 0.717) is 32.7 Å². The molecule has 1 aliphatic heterocycles. The van der Waals surface area contributed by atoms with Crippen molar-refractivity contribution in [2.45, 2.75) is 38.9 Å². The minimum Gasteiger partial charge on any atom is -0.466 e. The van der Waals surface area contributed by atoms with Gasteiger partial charge in [-0.05, 0) is 38.7 Å². The molecule has 9 heteroatoms. The summed E-state index contributed by atoms with van der Waals surface area (Å²) in [5.74, 6) is 0.613. The van der Waals surface area contributed by atoms with E-state index in [2.05, 4.69) is 15.2 Å². The first-order valence-electron chi connectivity index (χ1n) is 10.4. The van der Waals surface area contributed by atoms with Gasteiger partial charge in [-0.2, -0.15) is 0 Å². The van der Waals surface area contributed by atoms with Crippen molar-refractivity contribution in [3.05, 3.63) is 35.9 Å². The second-order valence-corrected chi connectivity index (χ2v) is 9.39. The normalized spacial score (nSPS) is 17.2. The Balaban J connectivity index is 0.00000450. The van der Waals surface area contributed by atoms with Crippen molar-refractivity contribution in [2.24, 2.45) is 10.9 Å². The van der Waals surface area contributed by atoms with Gasteiger partial charge in [0.1, 0.15) is 0 Å². The molecule has 1 N–H and O–H groups in total. The number of esters is 1. The first-order chi connectivity index (χ1) is 13.9. The van der Waals surface area contributed by atoms with Gasteiger partial charge in [-0.3, -0.25) is 9.79 Å². The summed E-state index contributed by atoms with van der Waals surface area (Å²) in [6.07, 6.45) is 2.20. The van der Waals surface area contributed by atoms with E-state index in [1.165, 1.54) is 0 Å². The van der Waals surface area contributed by atoms with E-state index in [1.54, 1.807) is 0 Å². The van der Waals surface area contributed by atoms with E-state index >= 15 is 0 Å². The zero-order valence-electron chi connectivity index (χ0n) is 17.9. The number of ether oxygens (including phenoxy) is 1. The molecule has 1 saturated heterocycles. The van der Waals surface area contributed by atoms with Crippen molar-refractivity contribution in [3.63, 3.8) is 0 Å². The summed E-state index contributed by atoms with van der Waals surface area (Å²) in [6.45, 7) is 6.75. The molecule has 7 nitrogen and oxygen atoms in total. The molecule has 170 valence electrons. The van der Waals surface area contributed by atoms with E-state index in [-0.39, 0.29) is 47.4 Å². The first-order valence-corrected chi connectivity index (χ1v) is 12.2. The summed E-state index contributed by atoms with van der Waals surface area (Å²) in [5, 5.41) is 3.26. The molecule has 1 aromatic rings. The lowest BCUT2D eigenvalue weighted by molar-refractivity contribution is -0.149. The maximum absolute atomic E-state index is 12.3. The third-order valence-electron chi connectivity index (χ3n) is 4.78. The zero-order valence-corrected chi connectivity index (χ0v) is 21.0. The Morgan fingerprint density at radius 3 is 2.67 bits per heavy atom. The monoisotopic (exact) mass is 551 g/mol. The average molecular weight is 551 g/mol. The van der Waals surface area contributed by atoms with Gasteiger partial charge in [-0.25, -0.2) is 8.42 Å². The standard InChI is InChI=1S/C21H33N3O4S.HI/c1-3-22-21(24-14-8-12-19(16-24)20(25)28-4-2)23-13-9-15-29(26,27)17-18-10-6-5-7-11-18;/h5-7,10-11,19H,3-4,8-9,12-17H2,1-2H3,(H,22,23);1H. The van der Waals surface area contributed by atoms with Crippen LogP contribution >= 0.6 is 24.0 Å². The highest BCUT2D eigenvalue weighted by Gasteiger charge is 2.28. The molecule has 1 aromatic carbocycles. The van der Waals surface area contributed by atoms with Crippen LogP contribution in [0.1, 0.15) is 38.7 Å².